The number of amides is 1. The summed E-state index contributed by atoms with van der Waals surface area (Å²) in [5.74, 6) is -0.491. The van der Waals surface area contributed by atoms with Crippen LogP contribution >= 0.6 is 0 Å². The first-order chi connectivity index (χ1) is 12.9. The van der Waals surface area contributed by atoms with Gasteiger partial charge in [0.2, 0.25) is 0 Å². The molecule has 27 heavy (non-hydrogen) atoms. The van der Waals surface area contributed by atoms with Crippen molar-refractivity contribution in [3.8, 4) is 11.1 Å². The Bertz CT molecular complexity index is 992. The number of anilines is 1. The number of nitrogens with two attached hydrogens (primary N) is 2. The first-order valence-electron chi connectivity index (χ1n) is 9.26. The van der Waals surface area contributed by atoms with Crippen LogP contribution in [0.4, 0.5) is 5.69 Å². The maximum atomic E-state index is 12.0. The van der Waals surface area contributed by atoms with E-state index in [9.17, 15) is 4.79 Å². The van der Waals surface area contributed by atoms with Gasteiger partial charge in [0.1, 0.15) is 0 Å². The lowest BCUT2D eigenvalue weighted by molar-refractivity contribution is 0.100. The third kappa shape index (κ3) is 2.96. The summed E-state index contributed by atoms with van der Waals surface area (Å²) in [5, 5.41) is 7.96. The molecule has 2 heterocycles. The number of nitrogens with one attached hydrogen (secondary N) is 1. The van der Waals surface area contributed by atoms with E-state index in [0.717, 1.165) is 35.2 Å². The number of carbonyl (C=O) groups is 1. The van der Waals surface area contributed by atoms with Crippen LogP contribution < -0.4 is 16.8 Å². The van der Waals surface area contributed by atoms with Crippen LogP contribution in [0.1, 0.15) is 37.0 Å². The van der Waals surface area contributed by atoms with Gasteiger partial charge in [0.25, 0.3) is 5.91 Å². The van der Waals surface area contributed by atoms with E-state index >= 15 is 0 Å². The quantitative estimate of drug-likeness (QED) is 0.663. The van der Waals surface area contributed by atoms with E-state index in [1.54, 1.807) is 4.52 Å². The minimum atomic E-state index is -0.491. The van der Waals surface area contributed by atoms with Crippen molar-refractivity contribution >= 4 is 17.1 Å². The van der Waals surface area contributed by atoms with E-state index in [1.807, 2.05) is 30.5 Å². The summed E-state index contributed by atoms with van der Waals surface area (Å²) in [6, 6.07) is 12.4. The van der Waals surface area contributed by atoms with E-state index in [4.69, 9.17) is 11.5 Å². The van der Waals surface area contributed by atoms with E-state index in [2.05, 4.69) is 36.4 Å². The Kier molecular flexibility index (Phi) is 4.15. The lowest BCUT2D eigenvalue weighted by Crippen LogP contribution is -2.42. The normalized spacial score (nSPS) is 21.4. The highest BCUT2D eigenvalue weighted by Crippen LogP contribution is 2.40. The number of rotatable bonds is 4. The molecule has 140 valence electrons. The molecule has 1 fully saturated rings. The maximum Gasteiger partial charge on any atom is 0.252 e. The van der Waals surface area contributed by atoms with Gasteiger partial charge < -0.3 is 16.8 Å². The number of primary amides is 1. The van der Waals surface area contributed by atoms with Gasteiger partial charge in [0, 0.05) is 23.8 Å². The van der Waals surface area contributed by atoms with Crippen molar-refractivity contribution < 1.29 is 4.79 Å². The van der Waals surface area contributed by atoms with Crippen LogP contribution in [-0.4, -0.2) is 27.6 Å². The molecule has 0 spiro atoms. The lowest BCUT2D eigenvalue weighted by Gasteiger charge is -2.32. The van der Waals surface area contributed by atoms with Crippen molar-refractivity contribution in [3.05, 3.63) is 54.4 Å². The van der Waals surface area contributed by atoms with Gasteiger partial charge in [0.05, 0.1) is 23.0 Å². The molecule has 1 aliphatic carbocycles. The van der Waals surface area contributed by atoms with Crippen molar-refractivity contribution in [1.29, 1.82) is 0 Å². The van der Waals surface area contributed by atoms with Crippen LogP contribution in [0.15, 0.2) is 48.8 Å². The smallest absolute Gasteiger partial charge is 0.252 e. The van der Waals surface area contributed by atoms with Gasteiger partial charge in [-0.15, -0.1) is 0 Å². The molecule has 1 amide bonds. The van der Waals surface area contributed by atoms with Crippen LogP contribution in [0.25, 0.3) is 16.6 Å². The Balaban J connectivity index is 1.83. The predicted molar refractivity (Wildman–Crippen MR) is 108 cm³/mol. The zero-order chi connectivity index (χ0) is 19.2. The Morgan fingerprint density at radius 2 is 1.96 bits per heavy atom. The van der Waals surface area contributed by atoms with E-state index < -0.39 is 5.91 Å². The van der Waals surface area contributed by atoms with Crippen LogP contribution in [0, 0.1) is 5.41 Å². The van der Waals surface area contributed by atoms with Gasteiger partial charge in [-0.2, -0.15) is 5.10 Å². The molecule has 1 aromatic carbocycles. The zero-order valence-corrected chi connectivity index (χ0v) is 15.6. The highest BCUT2D eigenvalue weighted by atomic mass is 16.1. The molecule has 3 aromatic rings. The molecule has 1 saturated carbocycles. The third-order valence-electron chi connectivity index (χ3n) is 5.95. The molecule has 4 rings (SSSR count). The molecule has 0 radical (unpaired) electrons. The summed E-state index contributed by atoms with van der Waals surface area (Å²) in [5.41, 5.74) is 16.0. The zero-order valence-electron chi connectivity index (χ0n) is 15.6. The number of hydrogen-bond acceptors (Lipinski definition) is 4. The Morgan fingerprint density at radius 3 is 2.59 bits per heavy atom. The molecule has 0 unspecified atom stereocenters. The molecule has 2 atom stereocenters. The van der Waals surface area contributed by atoms with Crippen molar-refractivity contribution in [3.63, 3.8) is 0 Å². The molecule has 0 aliphatic heterocycles. The minimum Gasteiger partial charge on any atom is -0.379 e. The van der Waals surface area contributed by atoms with Crippen LogP contribution in [0.5, 0.6) is 0 Å². The molecule has 6 nitrogen and oxygen atoms in total. The fourth-order valence-electron chi connectivity index (χ4n) is 3.96. The topological polar surface area (TPSA) is 98.4 Å². The van der Waals surface area contributed by atoms with Crippen molar-refractivity contribution in [2.45, 2.75) is 38.8 Å². The van der Waals surface area contributed by atoms with Crippen molar-refractivity contribution in [2.24, 2.45) is 16.9 Å². The Morgan fingerprint density at radius 1 is 1.22 bits per heavy atom. The predicted octanol–water partition coefficient (Wildman–Crippen LogP) is 3.03. The van der Waals surface area contributed by atoms with Gasteiger partial charge in [-0.1, -0.05) is 44.2 Å². The number of aromatic nitrogens is 2. The minimum absolute atomic E-state index is 0.0793. The van der Waals surface area contributed by atoms with Crippen LogP contribution in [0.2, 0.25) is 0 Å². The van der Waals surface area contributed by atoms with Gasteiger partial charge in [-0.25, -0.2) is 4.52 Å². The Labute approximate surface area is 158 Å². The standard InChI is InChI=1S/C21H25N5O/c1-21(2)17(22)8-9-18(21)25-19-15(20(23)27)11-24-26-12-14(10-16(19)26)13-6-4-3-5-7-13/h3-7,10-12,17-18,25H,8-9,22H2,1-2H3,(H2,23,27)/t17-,18-/m1/s1. The highest BCUT2D eigenvalue weighted by molar-refractivity contribution is 6.02. The van der Waals surface area contributed by atoms with Crippen molar-refractivity contribution in [2.75, 3.05) is 5.32 Å². The van der Waals surface area contributed by atoms with Gasteiger partial charge in [0.15, 0.2) is 0 Å². The summed E-state index contributed by atoms with van der Waals surface area (Å²) in [6.45, 7) is 4.33. The monoisotopic (exact) mass is 363 g/mol. The summed E-state index contributed by atoms with van der Waals surface area (Å²) in [7, 11) is 0. The molecule has 1 aliphatic rings. The van der Waals surface area contributed by atoms with E-state index in [0.29, 0.717) is 5.56 Å². The van der Waals surface area contributed by atoms with Gasteiger partial charge in [-0.05, 0) is 29.9 Å². The van der Waals surface area contributed by atoms with Gasteiger partial charge in [-0.3, -0.25) is 4.79 Å². The fraction of sp³-hybridized carbons (Fsp3) is 0.333. The van der Waals surface area contributed by atoms with Crippen LogP contribution in [0.3, 0.4) is 0 Å². The number of benzene rings is 1. The number of carbonyl (C=O) groups excluding carboxylic acids is 1. The number of hydrogen-bond donors (Lipinski definition) is 3. The second-order valence-corrected chi connectivity index (χ2v) is 7.92. The fourth-order valence-corrected chi connectivity index (χ4v) is 3.96. The van der Waals surface area contributed by atoms with Crippen LogP contribution in [-0.2, 0) is 0 Å². The maximum absolute atomic E-state index is 12.0. The summed E-state index contributed by atoms with van der Waals surface area (Å²) in [6.07, 6.45) is 5.40. The molecule has 6 heteroatoms. The molecule has 0 bridgehead atoms. The van der Waals surface area contributed by atoms with E-state index in [-0.39, 0.29) is 17.5 Å². The SMILES string of the molecule is CC1(C)[C@H](N)CC[C@H]1Nc1c(C(N)=O)cnn2cc(-c3ccccc3)cc12. The average Bonchev–Trinajstić information content (AvgIpc) is 3.19. The van der Waals surface area contributed by atoms with E-state index in [1.165, 1.54) is 6.20 Å². The molecule has 0 saturated heterocycles. The largest absolute Gasteiger partial charge is 0.379 e. The summed E-state index contributed by atoms with van der Waals surface area (Å²) in [4.78, 5) is 12.0. The average molecular weight is 363 g/mol. The first-order valence-corrected chi connectivity index (χ1v) is 9.26. The number of nitrogens with zero attached hydrogens (tertiary/aromatic N) is 2. The van der Waals surface area contributed by atoms with Crippen molar-refractivity contribution in [1.82, 2.24) is 9.61 Å². The second-order valence-electron chi connectivity index (χ2n) is 7.92. The lowest BCUT2D eigenvalue weighted by atomic mass is 9.84. The molecule has 5 N–H and O–H groups in total. The van der Waals surface area contributed by atoms with Gasteiger partial charge >= 0.3 is 0 Å². The number of fused-ring (bicyclic) bond motifs is 1. The highest BCUT2D eigenvalue weighted by Gasteiger charge is 2.41. The molecule has 2 aromatic heterocycles. The summed E-state index contributed by atoms with van der Waals surface area (Å²) >= 11 is 0. The third-order valence-corrected chi connectivity index (χ3v) is 5.95. The summed E-state index contributed by atoms with van der Waals surface area (Å²) < 4.78 is 1.79. The first kappa shape index (κ1) is 17.5. The second kappa shape index (κ2) is 6.39. The molecular formula is C21H25N5O. The Hall–Kier alpha value is -2.86. The molecular weight excluding hydrogens is 338 g/mol.